The summed E-state index contributed by atoms with van der Waals surface area (Å²) in [5, 5.41) is 3.90. The molecular weight excluding hydrogens is 384 g/mol. The van der Waals surface area contributed by atoms with Gasteiger partial charge < -0.3 is 9.88 Å². The van der Waals surface area contributed by atoms with Gasteiger partial charge in [0.25, 0.3) is 5.56 Å². The highest BCUT2D eigenvalue weighted by molar-refractivity contribution is 7.71. The van der Waals surface area contributed by atoms with Crippen LogP contribution >= 0.6 is 12.2 Å². The van der Waals surface area contributed by atoms with E-state index in [0.717, 1.165) is 17.9 Å². The summed E-state index contributed by atoms with van der Waals surface area (Å²) in [6.07, 6.45) is 0. The molecule has 2 aromatic heterocycles. The molecule has 2 heterocycles. The van der Waals surface area contributed by atoms with Gasteiger partial charge in [-0.1, -0.05) is 42.0 Å². The summed E-state index contributed by atoms with van der Waals surface area (Å²) < 4.78 is 2.37. The maximum absolute atomic E-state index is 12.3. The van der Waals surface area contributed by atoms with E-state index in [0.29, 0.717) is 34.7 Å². The number of H-pyrrole nitrogens is 2. The molecule has 2 aromatic carbocycles. The van der Waals surface area contributed by atoms with Crippen LogP contribution in [0.25, 0.3) is 22.3 Å². The highest BCUT2D eigenvalue weighted by atomic mass is 32.1. The number of aryl methyl sites for hydroxylation is 1. The fraction of sp³-hybridized carbons (Fsp3) is 0.238. The number of para-hydroxylation sites is 1. The summed E-state index contributed by atoms with van der Waals surface area (Å²) >= 11 is 5.45. The number of nitrogens with one attached hydrogen (secondary N) is 3. The summed E-state index contributed by atoms with van der Waals surface area (Å²) in [4.78, 5) is 25.5. The van der Waals surface area contributed by atoms with Gasteiger partial charge in [0.05, 0.1) is 17.4 Å². The number of aromatic amines is 2. The Bertz CT molecular complexity index is 1250. The maximum Gasteiger partial charge on any atom is 0.258 e. The van der Waals surface area contributed by atoms with Gasteiger partial charge in [-0.3, -0.25) is 9.89 Å². The van der Waals surface area contributed by atoms with Crippen molar-refractivity contribution >= 4 is 23.1 Å². The van der Waals surface area contributed by atoms with Crippen LogP contribution in [-0.4, -0.2) is 31.3 Å². The van der Waals surface area contributed by atoms with Crippen molar-refractivity contribution in [1.29, 1.82) is 0 Å². The third-order valence-electron chi connectivity index (χ3n) is 4.97. The fourth-order valence-electron chi connectivity index (χ4n) is 3.28. The lowest BCUT2D eigenvalue weighted by atomic mass is 10.1. The number of quaternary nitrogens is 1. The van der Waals surface area contributed by atoms with E-state index < -0.39 is 0 Å². The van der Waals surface area contributed by atoms with Crippen molar-refractivity contribution in [2.45, 2.75) is 27.1 Å². The number of nitrogens with zero attached hydrogens (tertiary/aromatic N) is 3. The molecule has 0 amide bonds. The molecule has 148 valence electrons. The molecule has 0 aliphatic rings. The zero-order valence-electron chi connectivity index (χ0n) is 16.4. The molecule has 1 unspecified atom stereocenters. The maximum atomic E-state index is 12.3. The van der Waals surface area contributed by atoms with Gasteiger partial charge in [-0.05, 0) is 38.2 Å². The Morgan fingerprint density at radius 1 is 1.10 bits per heavy atom. The van der Waals surface area contributed by atoms with E-state index in [2.05, 4.69) is 46.0 Å². The first-order valence-corrected chi connectivity index (χ1v) is 9.99. The monoisotopic (exact) mass is 407 g/mol. The summed E-state index contributed by atoms with van der Waals surface area (Å²) in [6, 6.07) is 15.5. The van der Waals surface area contributed by atoms with E-state index in [1.165, 1.54) is 10.5 Å². The molecule has 0 bridgehead atoms. The molecule has 4 aromatic rings. The topological polar surface area (TPSA) is 83.8 Å². The molecule has 0 aliphatic carbocycles. The summed E-state index contributed by atoms with van der Waals surface area (Å²) in [7, 11) is 0. The highest BCUT2D eigenvalue weighted by Crippen LogP contribution is 2.15. The predicted molar refractivity (Wildman–Crippen MR) is 115 cm³/mol. The van der Waals surface area contributed by atoms with Gasteiger partial charge in [0.15, 0.2) is 18.3 Å². The van der Waals surface area contributed by atoms with Crippen molar-refractivity contribution in [3.8, 4) is 11.4 Å². The van der Waals surface area contributed by atoms with Crippen LogP contribution in [-0.2, 0) is 13.2 Å². The molecule has 29 heavy (non-hydrogen) atoms. The standard InChI is InChI=1S/C21H22N6OS/c1-3-26(12-18-22-17-7-5-4-6-16(17)20(28)23-18)13-27-21(29)24-19(25-27)15-10-8-14(2)9-11-15/h4-11H,3,12-13H2,1-2H3,(H,22,23,28)(H,24,25,29)/p+1. The Kier molecular flexibility index (Phi) is 5.37. The number of rotatable bonds is 6. The van der Waals surface area contributed by atoms with Gasteiger partial charge in [-0.25, -0.2) is 9.67 Å². The van der Waals surface area contributed by atoms with Crippen molar-refractivity contribution < 1.29 is 4.90 Å². The van der Waals surface area contributed by atoms with Gasteiger partial charge in [0.1, 0.15) is 6.54 Å². The number of benzene rings is 2. The van der Waals surface area contributed by atoms with Gasteiger partial charge in [0, 0.05) is 5.56 Å². The molecule has 1 atom stereocenters. The van der Waals surface area contributed by atoms with E-state index in [1.807, 2.05) is 35.0 Å². The summed E-state index contributed by atoms with van der Waals surface area (Å²) in [6.45, 7) is 6.17. The SMILES string of the molecule is CC[NH+](Cc1nc2ccccc2c(=O)[nH]1)Cn1[nH]c(-c2ccc(C)cc2)nc1=S. The molecule has 0 radical (unpaired) electrons. The minimum Gasteiger partial charge on any atom is -0.310 e. The smallest absolute Gasteiger partial charge is 0.258 e. The Balaban J connectivity index is 1.56. The van der Waals surface area contributed by atoms with Crippen molar-refractivity contribution in [3.63, 3.8) is 0 Å². The third-order valence-corrected chi connectivity index (χ3v) is 5.28. The Morgan fingerprint density at radius 2 is 1.86 bits per heavy atom. The van der Waals surface area contributed by atoms with E-state index in [-0.39, 0.29) is 5.56 Å². The van der Waals surface area contributed by atoms with Crippen LogP contribution < -0.4 is 10.5 Å². The number of hydrogen-bond acceptors (Lipinski definition) is 4. The van der Waals surface area contributed by atoms with Crippen molar-refractivity contribution in [2.24, 2.45) is 0 Å². The van der Waals surface area contributed by atoms with Gasteiger partial charge in [-0.15, -0.1) is 0 Å². The quantitative estimate of drug-likeness (QED) is 0.428. The number of fused-ring (bicyclic) bond motifs is 1. The minimum atomic E-state index is -0.110. The Hall–Kier alpha value is -3.10. The average molecular weight is 408 g/mol. The Morgan fingerprint density at radius 3 is 2.62 bits per heavy atom. The molecule has 8 heteroatoms. The first-order valence-electron chi connectivity index (χ1n) is 9.59. The van der Waals surface area contributed by atoms with E-state index >= 15 is 0 Å². The minimum absolute atomic E-state index is 0.110. The largest absolute Gasteiger partial charge is 0.310 e. The average Bonchev–Trinajstić information content (AvgIpc) is 3.08. The first-order chi connectivity index (χ1) is 14.0. The van der Waals surface area contributed by atoms with Crippen LogP contribution in [0.15, 0.2) is 53.3 Å². The molecule has 3 N–H and O–H groups in total. The normalized spacial score (nSPS) is 12.3. The van der Waals surface area contributed by atoms with Gasteiger partial charge in [0.2, 0.25) is 4.77 Å². The van der Waals surface area contributed by atoms with Gasteiger partial charge in [-0.2, -0.15) is 4.98 Å². The van der Waals surface area contributed by atoms with Gasteiger partial charge >= 0.3 is 0 Å². The number of aromatic nitrogens is 5. The molecule has 0 spiro atoms. The van der Waals surface area contributed by atoms with E-state index in [4.69, 9.17) is 12.2 Å². The lowest BCUT2D eigenvalue weighted by Crippen LogP contribution is -3.09. The lowest BCUT2D eigenvalue weighted by Gasteiger charge is -2.17. The lowest BCUT2D eigenvalue weighted by molar-refractivity contribution is -0.935. The second-order valence-corrected chi connectivity index (χ2v) is 7.48. The second kappa shape index (κ2) is 8.10. The highest BCUT2D eigenvalue weighted by Gasteiger charge is 2.14. The van der Waals surface area contributed by atoms with Crippen molar-refractivity contribution in [1.82, 2.24) is 24.7 Å². The van der Waals surface area contributed by atoms with Crippen LogP contribution in [0.3, 0.4) is 0 Å². The van der Waals surface area contributed by atoms with E-state index in [1.54, 1.807) is 6.07 Å². The zero-order chi connectivity index (χ0) is 20.4. The first kappa shape index (κ1) is 19.2. The molecule has 7 nitrogen and oxygen atoms in total. The third kappa shape index (κ3) is 4.18. The molecule has 0 saturated carbocycles. The van der Waals surface area contributed by atoms with Crippen LogP contribution in [0.5, 0.6) is 0 Å². The van der Waals surface area contributed by atoms with Crippen LogP contribution in [0.2, 0.25) is 0 Å². The Labute approximate surface area is 173 Å². The summed E-state index contributed by atoms with van der Waals surface area (Å²) in [5.41, 5.74) is 2.80. The fourth-order valence-corrected chi connectivity index (χ4v) is 3.48. The second-order valence-electron chi connectivity index (χ2n) is 7.12. The van der Waals surface area contributed by atoms with Crippen molar-refractivity contribution in [3.05, 3.63) is 75.0 Å². The zero-order valence-corrected chi connectivity index (χ0v) is 17.2. The molecule has 0 aliphatic heterocycles. The molecule has 0 saturated heterocycles. The van der Waals surface area contributed by atoms with E-state index in [9.17, 15) is 4.79 Å². The molecule has 0 fully saturated rings. The predicted octanol–water partition coefficient (Wildman–Crippen LogP) is 2.22. The molecular formula is C21H23N6OS+. The van der Waals surface area contributed by atoms with Crippen LogP contribution in [0.4, 0.5) is 0 Å². The number of hydrogen-bond donors (Lipinski definition) is 3. The van der Waals surface area contributed by atoms with Crippen LogP contribution in [0, 0.1) is 11.7 Å². The van der Waals surface area contributed by atoms with Crippen molar-refractivity contribution in [2.75, 3.05) is 6.54 Å². The summed E-state index contributed by atoms with van der Waals surface area (Å²) in [5.74, 6) is 1.41. The van der Waals surface area contributed by atoms with Crippen LogP contribution in [0.1, 0.15) is 18.3 Å². The molecule has 4 rings (SSSR count).